The summed E-state index contributed by atoms with van der Waals surface area (Å²) in [7, 11) is 0. The van der Waals surface area contributed by atoms with E-state index in [9.17, 15) is 5.11 Å². The molecule has 0 fully saturated rings. The summed E-state index contributed by atoms with van der Waals surface area (Å²) in [5.41, 5.74) is 1.91. The Morgan fingerprint density at radius 1 is 1.16 bits per heavy atom. The van der Waals surface area contributed by atoms with E-state index in [1.807, 2.05) is 12.1 Å². The van der Waals surface area contributed by atoms with Gasteiger partial charge in [-0.2, -0.15) is 0 Å². The van der Waals surface area contributed by atoms with E-state index in [0.29, 0.717) is 27.8 Å². The van der Waals surface area contributed by atoms with E-state index in [-0.39, 0.29) is 6.61 Å². The minimum atomic E-state index is -0.183. The second-order valence-electron chi connectivity index (χ2n) is 3.98. The van der Waals surface area contributed by atoms with Gasteiger partial charge in [-0.1, -0.05) is 16.8 Å². The first-order chi connectivity index (χ1) is 9.29. The summed E-state index contributed by atoms with van der Waals surface area (Å²) in [6.45, 7) is -0.183. The van der Waals surface area contributed by atoms with Gasteiger partial charge in [-0.15, -0.1) is 0 Å². The van der Waals surface area contributed by atoms with E-state index in [2.05, 4.69) is 5.16 Å². The largest absolute Gasteiger partial charge is 0.463 e. The molecule has 19 heavy (non-hydrogen) atoms. The smallest absolute Gasteiger partial charge is 0.173 e. The highest BCUT2D eigenvalue weighted by Gasteiger charge is 2.19. The van der Waals surface area contributed by atoms with Crippen molar-refractivity contribution in [3.8, 4) is 22.8 Å². The maximum absolute atomic E-state index is 9.54. The van der Waals surface area contributed by atoms with Crippen LogP contribution in [0.1, 0.15) is 5.56 Å². The second-order valence-corrected chi connectivity index (χ2v) is 4.42. The zero-order chi connectivity index (χ0) is 13.2. The lowest BCUT2D eigenvalue weighted by atomic mass is 10.1. The number of halogens is 1. The van der Waals surface area contributed by atoms with Gasteiger partial charge in [0.2, 0.25) is 0 Å². The van der Waals surface area contributed by atoms with E-state index in [1.165, 1.54) is 0 Å². The van der Waals surface area contributed by atoms with Crippen molar-refractivity contribution in [2.75, 3.05) is 0 Å². The molecule has 0 saturated heterocycles. The molecule has 4 nitrogen and oxygen atoms in total. The molecule has 0 atom stereocenters. The third kappa shape index (κ3) is 2.16. The average molecular weight is 276 g/mol. The molecule has 3 aromatic rings. The molecule has 5 heteroatoms. The van der Waals surface area contributed by atoms with Crippen LogP contribution in [0, 0.1) is 0 Å². The molecule has 0 aliphatic carbocycles. The first-order valence-corrected chi connectivity index (χ1v) is 6.06. The number of rotatable bonds is 3. The molecule has 0 aliphatic rings. The van der Waals surface area contributed by atoms with Crippen molar-refractivity contribution in [3.05, 3.63) is 53.2 Å². The van der Waals surface area contributed by atoms with Crippen LogP contribution in [0.2, 0.25) is 5.02 Å². The highest BCUT2D eigenvalue weighted by molar-refractivity contribution is 6.30. The lowest BCUT2D eigenvalue weighted by Crippen LogP contribution is -1.88. The van der Waals surface area contributed by atoms with Crippen LogP contribution in [0.3, 0.4) is 0 Å². The van der Waals surface area contributed by atoms with Crippen LogP contribution in [-0.4, -0.2) is 10.3 Å². The minimum absolute atomic E-state index is 0.183. The van der Waals surface area contributed by atoms with Crippen molar-refractivity contribution >= 4 is 11.6 Å². The predicted octanol–water partition coefficient (Wildman–Crippen LogP) is 3.75. The Morgan fingerprint density at radius 2 is 1.95 bits per heavy atom. The van der Waals surface area contributed by atoms with Crippen LogP contribution in [-0.2, 0) is 6.61 Å². The standard InChI is InChI=1S/C14H10ClNO3/c15-10-5-3-9(4-6-10)14-11(8-17)13(16-19-14)12-2-1-7-18-12/h1-7,17H,8H2. The molecule has 0 radical (unpaired) electrons. The number of hydrogen-bond acceptors (Lipinski definition) is 4. The van der Waals surface area contributed by atoms with Gasteiger partial charge in [-0.25, -0.2) is 0 Å². The fourth-order valence-corrected chi connectivity index (χ4v) is 2.02. The van der Waals surface area contributed by atoms with Crippen molar-refractivity contribution in [2.24, 2.45) is 0 Å². The Morgan fingerprint density at radius 3 is 2.58 bits per heavy atom. The van der Waals surface area contributed by atoms with Gasteiger partial charge in [0.15, 0.2) is 17.2 Å². The third-order valence-electron chi connectivity index (χ3n) is 2.81. The van der Waals surface area contributed by atoms with Gasteiger partial charge in [-0.3, -0.25) is 0 Å². The van der Waals surface area contributed by atoms with Gasteiger partial charge in [0.05, 0.1) is 18.4 Å². The number of aliphatic hydroxyl groups is 1. The van der Waals surface area contributed by atoms with E-state index < -0.39 is 0 Å². The number of nitrogens with zero attached hydrogens (tertiary/aromatic N) is 1. The molecular formula is C14H10ClNO3. The molecule has 0 bridgehead atoms. The van der Waals surface area contributed by atoms with E-state index in [1.54, 1.807) is 30.5 Å². The molecule has 0 spiro atoms. The average Bonchev–Trinajstić information content (AvgIpc) is 3.08. The summed E-state index contributed by atoms with van der Waals surface area (Å²) in [6.07, 6.45) is 1.55. The number of furan rings is 1. The highest BCUT2D eigenvalue weighted by atomic mass is 35.5. The van der Waals surface area contributed by atoms with Gasteiger partial charge in [0.1, 0.15) is 0 Å². The molecule has 1 aromatic carbocycles. The van der Waals surface area contributed by atoms with Crippen LogP contribution < -0.4 is 0 Å². The molecule has 1 N–H and O–H groups in total. The number of benzene rings is 1. The van der Waals surface area contributed by atoms with Crippen LogP contribution in [0.4, 0.5) is 0 Å². The van der Waals surface area contributed by atoms with Crippen molar-refractivity contribution in [1.29, 1.82) is 0 Å². The minimum Gasteiger partial charge on any atom is -0.463 e. The lowest BCUT2D eigenvalue weighted by molar-refractivity contribution is 0.281. The number of aliphatic hydroxyl groups excluding tert-OH is 1. The molecule has 2 heterocycles. The van der Waals surface area contributed by atoms with Gasteiger partial charge in [0.25, 0.3) is 0 Å². The summed E-state index contributed by atoms with van der Waals surface area (Å²) in [4.78, 5) is 0. The quantitative estimate of drug-likeness (QED) is 0.791. The van der Waals surface area contributed by atoms with Gasteiger partial charge < -0.3 is 14.0 Å². The van der Waals surface area contributed by atoms with Crippen LogP contribution in [0.25, 0.3) is 22.8 Å². The normalized spacial score (nSPS) is 10.8. The van der Waals surface area contributed by atoms with Crippen LogP contribution in [0.5, 0.6) is 0 Å². The molecule has 3 rings (SSSR count). The molecule has 0 unspecified atom stereocenters. The Kier molecular flexibility index (Phi) is 3.11. The second kappa shape index (κ2) is 4.91. The molecule has 96 valence electrons. The number of aromatic nitrogens is 1. The lowest BCUT2D eigenvalue weighted by Gasteiger charge is -1.99. The maximum atomic E-state index is 9.54. The van der Waals surface area contributed by atoms with Crippen LogP contribution in [0.15, 0.2) is 51.6 Å². The van der Waals surface area contributed by atoms with Gasteiger partial charge in [-0.05, 0) is 36.4 Å². The summed E-state index contributed by atoms with van der Waals surface area (Å²) in [5, 5.41) is 14.1. The third-order valence-corrected chi connectivity index (χ3v) is 3.06. The molecule has 0 saturated carbocycles. The topological polar surface area (TPSA) is 59.4 Å². The van der Waals surface area contributed by atoms with E-state index >= 15 is 0 Å². The fourth-order valence-electron chi connectivity index (χ4n) is 1.89. The van der Waals surface area contributed by atoms with Crippen molar-refractivity contribution in [1.82, 2.24) is 5.16 Å². The van der Waals surface area contributed by atoms with Crippen molar-refractivity contribution < 1.29 is 14.0 Å². The Hall–Kier alpha value is -2.04. The zero-order valence-corrected chi connectivity index (χ0v) is 10.6. The first kappa shape index (κ1) is 12.0. The zero-order valence-electron chi connectivity index (χ0n) is 9.84. The van der Waals surface area contributed by atoms with Crippen molar-refractivity contribution in [3.63, 3.8) is 0 Å². The molecular weight excluding hydrogens is 266 g/mol. The summed E-state index contributed by atoms with van der Waals surface area (Å²) >= 11 is 5.85. The monoisotopic (exact) mass is 275 g/mol. The molecule has 0 aliphatic heterocycles. The summed E-state index contributed by atoms with van der Waals surface area (Å²) in [6, 6.07) is 10.7. The Bertz CT molecular complexity index is 671. The number of hydrogen-bond donors (Lipinski definition) is 1. The van der Waals surface area contributed by atoms with Crippen molar-refractivity contribution in [2.45, 2.75) is 6.61 Å². The van der Waals surface area contributed by atoms with Crippen LogP contribution >= 0.6 is 11.6 Å². The van der Waals surface area contributed by atoms with E-state index in [4.69, 9.17) is 20.5 Å². The predicted molar refractivity (Wildman–Crippen MR) is 70.6 cm³/mol. The maximum Gasteiger partial charge on any atom is 0.173 e. The van der Waals surface area contributed by atoms with E-state index in [0.717, 1.165) is 5.56 Å². The SMILES string of the molecule is OCc1c(-c2ccco2)noc1-c1ccc(Cl)cc1. The Labute approximate surface area is 114 Å². The highest BCUT2D eigenvalue weighted by Crippen LogP contribution is 2.32. The first-order valence-electron chi connectivity index (χ1n) is 5.69. The fraction of sp³-hybridized carbons (Fsp3) is 0.0714. The summed E-state index contributed by atoms with van der Waals surface area (Å²) < 4.78 is 10.6. The molecule has 0 amide bonds. The van der Waals surface area contributed by atoms with Gasteiger partial charge >= 0.3 is 0 Å². The Balaban J connectivity index is 2.10. The summed E-state index contributed by atoms with van der Waals surface area (Å²) in [5.74, 6) is 1.08. The van der Waals surface area contributed by atoms with Gasteiger partial charge in [0, 0.05) is 10.6 Å². The molecule has 2 aromatic heterocycles.